The van der Waals surface area contributed by atoms with Crippen LogP contribution in [0.25, 0.3) is 10.9 Å². The lowest BCUT2D eigenvalue weighted by atomic mass is 10.1. The number of carbonyl (C=O) groups excluding carboxylic acids is 1. The number of para-hydroxylation sites is 3. The van der Waals surface area contributed by atoms with E-state index in [1.165, 1.54) is 0 Å². The van der Waals surface area contributed by atoms with Crippen LogP contribution in [0.15, 0.2) is 72.8 Å². The molecule has 3 aromatic carbocycles. The standard InChI is InChI=1S/C29H29N3O4/c1-19-24(16-28(33)34)23-8-4-5-9-25(23)32(19)29(35)20-12-14-21(15-13-20)30(2)17-22-18-31(3)26-10-6-7-11-27(26)36-22/h4-15,22H,16-18H2,1-3H3,(H,33,34)/t22-/m1/s1. The number of carboxylic acids is 1. The van der Waals surface area contributed by atoms with Gasteiger partial charge in [-0.1, -0.05) is 30.3 Å². The van der Waals surface area contributed by atoms with Gasteiger partial charge in [0.2, 0.25) is 0 Å². The summed E-state index contributed by atoms with van der Waals surface area (Å²) in [4.78, 5) is 29.3. The fourth-order valence-corrected chi connectivity index (χ4v) is 5.06. The summed E-state index contributed by atoms with van der Waals surface area (Å²) in [5.41, 5.74) is 4.66. The topological polar surface area (TPSA) is 75.0 Å². The lowest BCUT2D eigenvalue weighted by Gasteiger charge is -2.36. The number of rotatable bonds is 6. The summed E-state index contributed by atoms with van der Waals surface area (Å²) in [6.45, 7) is 3.29. The van der Waals surface area contributed by atoms with Crippen LogP contribution in [0, 0.1) is 6.92 Å². The Morgan fingerprint density at radius 1 is 1.03 bits per heavy atom. The van der Waals surface area contributed by atoms with E-state index in [0.29, 0.717) is 23.4 Å². The van der Waals surface area contributed by atoms with E-state index in [-0.39, 0.29) is 18.4 Å². The van der Waals surface area contributed by atoms with Gasteiger partial charge in [-0.05, 0) is 55.0 Å². The highest BCUT2D eigenvalue weighted by Crippen LogP contribution is 2.32. The number of benzene rings is 3. The van der Waals surface area contributed by atoms with Crippen LogP contribution < -0.4 is 14.5 Å². The molecular formula is C29H29N3O4. The van der Waals surface area contributed by atoms with Crippen molar-refractivity contribution in [2.75, 3.05) is 37.0 Å². The molecule has 0 saturated carbocycles. The first-order chi connectivity index (χ1) is 17.3. The molecule has 1 aliphatic heterocycles. The zero-order valence-electron chi connectivity index (χ0n) is 20.6. The van der Waals surface area contributed by atoms with Crippen molar-refractivity contribution in [3.8, 4) is 5.75 Å². The minimum absolute atomic E-state index is 0.0118. The highest BCUT2D eigenvalue weighted by Gasteiger charge is 2.25. The van der Waals surface area contributed by atoms with Gasteiger partial charge in [0.05, 0.1) is 30.7 Å². The molecule has 7 nitrogen and oxygen atoms in total. The molecule has 1 aliphatic rings. The molecule has 184 valence electrons. The maximum absolute atomic E-state index is 13.5. The average molecular weight is 484 g/mol. The predicted molar refractivity (Wildman–Crippen MR) is 142 cm³/mol. The maximum Gasteiger partial charge on any atom is 0.307 e. The molecule has 0 saturated heterocycles. The van der Waals surface area contributed by atoms with E-state index in [1.807, 2.05) is 73.8 Å². The van der Waals surface area contributed by atoms with Gasteiger partial charge in [-0.2, -0.15) is 0 Å². The van der Waals surface area contributed by atoms with Crippen molar-refractivity contribution < 1.29 is 19.4 Å². The zero-order chi connectivity index (χ0) is 25.4. The molecular weight excluding hydrogens is 454 g/mol. The fourth-order valence-electron chi connectivity index (χ4n) is 5.06. The smallest absolute Gasteiger partial charge is 0.307 e. The van der Waals surface area contributed by atoms with Crippen LogP contribution in [0.5, 0.6) is 5.75 Å². The normalized spacial score (nSPS) is 14.9. The molecule has 7 heteroatoms. The van der Waals surface area contributed by atoms with Crippen LogP contribution >= 0.6 is 0 Å². The Hall–Kier alpha value is -4.26. The van der Waals surface area contributed by atoms with E-state index in [9.17, 15) is 14.7 Å². The number of carbonyl (C=O) groups is 2. The van der Waals surface area contributed by atoms with Crippen molar-refractivity contribution in [1.82, 2.24) is 4.57 Å². The first kappa shape index (κ1) is 23.5. The van der Waals surface area contributed by atoms with Gasteiger partial charge >= 0.3 is 5.97 Å². The molecule has 4 aromatic rings. The lowest BCUT2D eigenvalue weighted by molar-refractivity contribution is -0.136. The van der Waals surface area contributed by atoms with Crippen LogP contribution in [-0.2, 0) is 11.2 Å². The maximum atomic E-state index is 13.5. The Morgan fingerprint density at radius 2 is 1.72 bits per heavy atom. The first-order valence-electron chi connectivity index (χ1n) is 12.0. The van der Waals surface area contributed by atoms with Gasteiger partial charge in [0.15, 0.2) is 0 Å². The third-order valence-electron chi connectivity index (χ3n) is 6.85. The summed E-state index contributed by atoms with van der Waals surface area (Å²) in [6.07, 6.45) is -0.114. The quantitative estimate of drug-likeness (QED) is 0.432. The zero-order valence-corrected chi connectivity index (χ0v) is 20.6. The van der Waals surface area contributed by atoms with Gasteiger partial charge in [-0.25, -0.2) is 0 Å². The highest BCUT2D eigenvalue weighted by atomic mass is 16.5. The summed E-state index contributed by atoms with van der Waals surface area (Å²) in [7, 11) is 4.09. The summed E-state index contributed by atoms with van der Waals surface area (Å²) in [6, 6.07) is 23.0. The van der Waals surface area contributed by atoms with Crippen molar-refractivity contribution in [3.05, 3.63) is 89.6 Å². The van der Waals surface area contributed by atoms with Crippen LogP contribution in [0.3, 0.4) is 0 Å². The van der Waals surface area contributed by atoms with E-state index >= 15 is 0 Å². The molecule has 0 aliphatic carbocycles. The van der Waals surface area contributed by atoms with Gasteiger partial charge in [0, 0.05) is 36.4 Å². The predicted octanol–water partition coefficient (Wildman–Crippen LogP) is 4.60. The summed E-state index contributed by atoms with van der Waals surface area (Å²) >= 11 is 0. The van der Waals surface area contributed by atoms with Crippen molar-refractivity contribution in [2.45, 2.75) is 19.4 Å². The number of carboxylic acid groups (broad SMARTS) is 1. The second-order valence-corrected chi connectivity index (χ2v) is 9.31. The largest absolute Gasteiger partial charge is 0.485 e. The van der Waals surface area contributed by atoms with Gasteiger partial charge < -0.3 is 19.6 Å². The first-order valence-corrected chi connectivity index (χ1v) is 12.0. The summed E-state index contributed by atoms with van der Waals surface area (Å²) < 4.78 is 7.84. The molecule has 1 aromatic heterocycles. The average Bonchev–Trinajstić information content (AvgIpc) is 3.14. The number of likely N-dealkylation sites (N-methyl/N-ethyl adjacent to an activating group) is 2. The van der Waals surface area contributed by atoms with E-state index in [2.05, 4.69) is 22.9 Å². The number of aliphatic carboxylic acids is 1. The summed E-state index contributed by atoms with van der Waals surface area (Å²) in [5.74, 6) is -0.206. The molecule has 0 radical (unpaired) electrons. The minimum atomic E-state index is -0.919. The molecule has 1 atom stereocenters. The number of fused-ring (bicyclic) bond motifs is 2. The van der Waals surface area contributed by atoms with Crippen LogP contribution in [-0.4, -0.2) is 54.8 Å². The number of aromatic nitrogens is 1. The number of anilines is 2. The fraction of sp³-hybridized carbons (Fsp3) is 0.241. The molecule has 0 fully saturated rings. The molecule has 0 amide bonds. The highest BCUT2D eigenvalue weighted by molar-refractivity contribution is 6.04. The van der Waals surface area contributed by atoms with Gasteiger partial charge in [-0.15, -0.1) is 0 Å². The van der Waals surface area contributed by atoms with Gasteiger partial charge in [0.1, 0.15) is 11.9 Å². The van der Waals surface area contributed by atoms with E-state index < -0.39 is 5.97 Å². The van der Waals surface area contributed by atoms with Gasteiger partial charge in [0.25, 0.3) is 5.91 Å². The Labute approximate surface area is 210 Å². The van der Waals surface area contributed by atoms with Crippen molar-refractivity contribution in [3.63, 3.8) is 0 Å². The van der Waals surface area contributed by atoms with Crippen molar-refractivity contribution in [2.24, 2.45) is 0 Å². The Morgan fingerprint density at radius 3 is 2.47 bits per heavy atom. The minimum Gasteiger partial charge on any atom is -0.485 e. The van der Waals surface area contributed by atoms with E-state index in [4.69, 9.17) is 4.74 Å². The Bertz CT molecular complexity index is 1440. The number of hydrogen-bond acceptors (Lipinski definition) is 5. The molecule has 0 unspecified atom stereocenters. The van der Waals surface area contributed by atoms with Crippen LogP contribution in [0.1, 0.15) is 21.6 Å². The number of nitrogens with zero attached hydrogens (tertiary/aromatic N) is 3. The van der Waals surface area contributed by atoms with Crippen molar-refractivity contribution >= 4 is 34.2 Å². The summed E-state index contributed by atoms with van der Waals surface area (Å²) in [5, 5.41) is 10.2. The lowest BCUT2D eigenvalue weighted by Crippen LogP contribution is -2.44. The second-order valence-electron chi connectivity index (χ2n) is 9.31. The Kier molecular flexibility index (Phi) is 6.14. The number of hydrogen-bond donors (Lipinski definition) is 1. The van der Waals surface area contributed by atoms with E-state index in [1.54, 1.807) is 11.5 Å². The molecule has 0 bridgehead atoms. The second kappa shape index (κ2) is 9.41. The van der Waals surface area contributed by atoms with E-state index in [0.717, 1.165) is 34.6 Å². The molecule has 1 N–H and O–H groups in total. The molecule has 2 heterocycles. The Balaban J connectivity index is 1.35. The third-order valence-corrected chi connectivity index (χ3v) is 6.85. The number of ether oxygens (including phenoxy) is 1. The van der Waals surface area contributed by atoms with Crippen LogP contribution in [0.2, 0.25) is 0 Å². The molecule has 5 rings (SSSR count). The molecule has 0 spiro atoms. The van der Waals surface area contributed by atoms with Crippen LogP contribution in [0.4, 0.5) is 11.4 Å². The SMILES string of the molecule is Cc1c(CC(=O)O)c2ccccc2n1C(=O)c1ccc(N(C)C[C@@H]2CN(C)c3ccccc3O2)cc1. The van der Waals surface area contributed by atoms with Crippen molar-refractivity contribution in [1.29, 1.82) is 0 Å². The van der Waals surface area contributed by atoms with Gasteiger partial charge in [-0.3, -0.25) is 14.2 Å². The molecule has 36 heavy (non-hydrogen) atoms. The third kappa shape index (κ3) is 4.28. The monoisotopic (exact) mass is 483 g/mol.